The minimum atomic E-state index is -3.45. The molecule has 1 amide bonds. The highest BCUT2D eigenvalue weighted by atomic mass is 32.2. The summed E-state index contributed by atoms with van der Waals surface area (Å²) < 4.78 is 26.9. The molecule has 1 aromatic carbocycles. The van der Waals surface area contributed by atoms with Crippen molar-refractivity contribution in [1.82, 2.24) is 9.21 Å². The fourth-order valence-electron chi connectivity index (χ4n) is 2.88. The van der Waals surface area contributed by atoms with Gasteiger partial charge in [-0.15, -0.1) is 0 Å². The number of carbonyl (C=O) groups excluding carboxylic acids is 1. The molecule has 1 N–H and O–H groups in total. The first-order valence-electron chi connectivity index (χ1n) is 8.05. The number of sulfonamides is 1. The van der Waals surface area contributed by atoms with Crippen molar-refractivity contribution >= 4 is 21.6 Å². The van der Waals surface area contributed by atoms with Crippen molar-refractivity contribution in [3.8, 4) is 0 Å². The molecule has 0 unspecified atom stereocenters. The van der Waals surface area contributed by atoms with Gasteiger partial charge in [0.25, 0.3) is 0 Å². The summed E-state index contributed by atoms with van der Waals surface area (Å²) in [6.45, 7) is 5.23. The Labute approximate surface area is 137 Å². The molecule has 1 aromatic rings. The lowest BCUT2D eigenvalue weighted by Crippen LogP contribution is -2.49. The summed E-state index contributed by atoms with van der Waals surface area (Å²) in [4.78, 5) is 13.7. The van der Waals surface area contributed by atoms with E-state index in [0.717, 1.165) is 25.6 Å². The van der Waals surface area contributed by atoms with Crippen molar-refractivity contribution in [2.45, 2.75) is 24.7 Å². The van der Waals surface area contributed by atoms with Crippen molar-refractivity contribution in [3.63, 3.8) is 0 Å². The molecule has 1 aliphatic heterocycles. The van der Waals surface area contributed by atoms with Crippen molar-refractivity contribution in [2.75, 3.05) is 38.0 Å². The zero-order valence-corrected chi connectivity index (χ0v) is 14.2. The highest BCUT2D eigenvalue weighted by molar-refractivity contribution is 7.89. The van der Waals surface area contributed by atoms with Crippen molar-refractivity contribution in [3.05, 3.63) is 24.3 Å². The van der Waals surface area contributed by atoms with Gasteiger partial charge in [0.05, 0.1) is 4.90 Å². The molecule has 2 fully saturated rings. The van der Waals surface area contributed by atoms with E-state index in [4.69, 9.17) is 0 Å². The number of hydrogen-bond acceptors (Lipinski definition) is 4. The predicted molar refractivity (Wildman–Crippen MR) is 88.7 cm³/mol. The molecule has 6 nitrogen and oxygen atoms in total. The Bertz CT molecular complexity index is 660. The van der Waals surface area contributed by atoms with Gasteiger partial charge < -0.3 is 10.2 Å². The van der Waals surface area contributed by atoms with Crippen LogP contribution in [0.5, 0.6) is 0 Å². The van der Waals surface area contributed by atoms with Crippen LogP contribution in [0.25, 0.3) is 0 Å². The van der Waals surface area contributed by atoms with Gasteiger partial charge in [0, 0.05) is 45.3 Å². The van der Waals surface area contributed by atoms with Gasteiger partial charge in [-0.25, -0.2) is 8.42 Å². The minimum Gasteiger partial charge on any atom is -0.326 e. The Balaban J connectivity index is 1.63. The van der Waals surface area contributed by atoms with Crippen LogP contribution in [0, 0.1) is 5.92 Å². The Kier molecular flexibility index (Phi) is 4.70. The molecule has 0 atom stereocenters. The number of amides is 1. The van der Waals surface area contributed by atoms with Crippen molar-refractivity contribution < 1.29 is 13.2 Å². The predicted octanol–water partition coefficient (Wildman–Crippen LogP) is 1.36. The van der Waals surface area contributed by atoms with Crippen LogP contribution < -0.4 is 5.32 Å². The molecule has 1 heterocycles. The van der Waals surface area contributed by atoms with Crippen LogP contribution in [0.4, 0.5) is 5.69 Å². The molecule has 3 rings (SSSR count). The third kappa shape index (κ3) is 4.10. The minimum absolute atomic E-state index is 0.174. The monoisotopic (exact) mass is 337 g/mol. The molecule has 2 aliphatic rings. The Morgan fingerprint density at radius 2 is 1.74 bits per heavy atom. The van der Waals surface area contributed by atoms with Crippen molar-refractivity contribution in [1.29, 1.82) is 0 Å². The second-order valence-corrected chi connectivity index (χ2v) is 8.29. The fraction of sp³-hybridized carbons (Fsp3) is 0.562. The normalized spacial score (nSPS) is 20.4. The molecule has 0 bridgehead atoms. The van der Waals surface area contributed by atoms with Crippen LogP contribution in [-0.4, -0.2) is 56.3 Å². The van der Waals surface area contributed by atoms with Gasteiger partial charge in [0.15, 0.2) is 0 Å². The number of nitrogens with zero attached hydrogens (tertiary/aromatic N) is 2. The molecule has 126 valence electrons. The third-order valence-corrected chi connectivity index (χ3v) is 6.27. The Morgan fingerprint density at radius 1 is 1.13 bits per heavy atom. The topological polar surface area (TPSA) is 69.7 Å². The molecule has 1 saturated carbocycles. The van der Waals surface area contributed by atoms with Crippen LogP contribution in [0.3, 0.4) is 0 Å². The standard InChI is InChI=1S/C16H23N3O3S/c1-13(20)17-15-4-6-16(7-5-15)23(21,22)19-10-8-18(9-11-19)12-14-2-3-14/h4-7,14H,2-3,8-12H2,1H3,(H,17,20). The van der Waals surface area contributed by atoms with E-state index in [1.165, 1.54) is 19.8 Å². The molecular weight excluding hydrogens is 314 g/mol. The zero-order valence-electron chi connectivity index (χ0n) is 13.4. The first-order chi connectivity index (χ1) is 10.9. The lowest BCUT2D eigenvalue weighted by atomic mass is 10.3. The largest absolute Gasteiger partial charge is 0.326 e. The fourth-order valence-corrected chi connectivity index (χ4v) is 4.30. The van der Waals surface area contributed by atoms with E-state index in [2.05, 4.69) is 10.2 Å². The molecule has 1 saturated heterocycles. The second-order valence-electron chi connectivity index (χ2n) is 6.35. The van der Waals surface area contributed by atoms with E-state index in [-0.39, 0.29) is 10.8 Å². The van der Waals surface area contributed by atoms with Crippen LogP contribution in [0.2, 0.25) is 0 Å². The van der Waals surface area contributed by atoms with Crippen LogP contribution in [-0.2, 0) is 14.8 Å². The summed E-state index contributed by atoms with van der Waals surface area (Å²) >= 11 is 0. The SMILES string of the molecule is CC(=O)Nc1ccc(S(=O)(=O)N2CCN(CC3CC3)CC2)cc1. The molecule has 7 heteroatoms. The van der Waals surface area contributed by atoms with Gasteiger partial charge in [0.2, 0.25) is 15.9 Å². The number of benzene rings is 1. The van der Waals surface area contributed by atoms with Crippen LogP contribution >= 0.6 is 0 Å². The third-order valence-electron chi connectivity index (χ3n) is 4.36. The van der Waals surface area contributed by atoms with Crippen LogP contribution in [0.15, 0.2) is 29.2 Å². The second kappa shape index (κ2) is 6.59. The average molecular weight is 337 g/mol. The zero-order chi connectivity index (χ0) is 16.4. The van der Waals surface area contributed by atoms with E-state index in [1.807, 2.05) is 0 Å². The molecule has 0 aromatic heterocycles. The van der Waals surface area contributed by atoms with Gasteiger partial charge in [-0.3, -0.25) is 4.79 Å². The van der Waals surface area contributed by atoms with E-state index in [0.29, 0.717) is 18.8 Å². The van der Waals surface area contributed by atoms with E-state index >= 15 is 0 Å². The van der Waals surface area contributed by atoms with Gasteiger partial charge in [-0.2, -0.15) is 4.31 Å². The molecule has 0 radical (unpaired) electrons. The number of piperazine rings is 1. The number of hydrogen-bond donors (Lipinski definition) is 1. The first kappa shape index (κ1) is 16.4. The van der Waals surface area contributed by atoms with Gasteiger partial charge >= 0.3 is 0 Å². The maximum atomic E-state index is 12.7. The summed E-state index contributed by atoms with van der Waals surface area (Å²) in [5.41, 5.74) is 0.603. The molecule has 0 spiro atoms. The van der Waals surface area contributed by atoms with E-state index in [1.54, 1.807) is 28.6 Å². The Hall–Kier alpha value is -1.44. The lowest BCUT2D eigenvalue weighted by Gasteiger charge is -2.34. The van der Waals surface area contributed by atoms with Gasteiger partial charge in [-0.05, 0) is 43.0 Å². The first-order valence-corrected chi connectivity index (χ1v) is 9.49. The van der Waals surface area contributed by atoms with Gasteiger partial charge in [0.1, 0.15) is 0 Å². The Morgan fingerprint density at radius 3 is 2.26 bits per heavy atom. The number of rotatable bonds is 5. The number of nitrogens with one attached hydrogen (secondary N) is 1. The quantitative estimate of drug-likeness (QED) is 0.881. The van der Waals surface area contributed by atoms with E-state index < -0.39 is 10.0 Å². The molecule has 23 heavy (non-hydrogen) atoms. The van der Waals surface area contributed by atoms with Gasteiger partial charge in [-0.1, -0.05) is 0 Å². The highest BCUT2D eigenvalue weighted by Gasteiger charge is 2.31. The van der Waals surface area contributed by atoms with E-state index in [9.17, 15) is 13.2 Å². The summed E-state index contributed by atoms with van der Waals surface area (Å²) in [5.74, 6) is 0.659. The average Bonchev–Trinajstić information content (AvgIpc) is 3.32. The van der Waals surface area contributed by atoms with Crippen molar-refractivity contribution in [2.24, 2.45) is 5.92 Å². The summed E-state index contributed by atoms with van der Waals surface area (Å²) in [7, 11) is -3.45. The summed E-state index contributed by atoms with van der Waals surface area (Å²) in [6, 6.07) is 6.35. The summed E-state index contributed by atoms with van der Waals surface area (Å²) in [5, 5.41) is 2.64. The van der Waals surface area contributed by atoms with Crippen LogP contribution in [0.1, 0.15) is 19.8 Å². The molecular formula is C16H23N3O3S. The molecule has 1 aliphatic carbocycles. The maximum absolute atomic E-state index is 12.7. The smallest absolute Gasteiger partial charge is 0.243 e. The lowest BCUT2D eigenvalue weighted by molar-refractivity contribution is -0.114. The maximum Gasteiger partial charge on any atom is 0.243 e. The number of anilines is 1. The highest BCUT2D eigenvalue weighted by Crippen LogP contribution is 2.30. The number of carbonyl (C=O) groups is 1. The summed E-state index contributed by atoms with van der Waals surface area (Å²) in [6.07, 6.45) is 2.64.